The van der Waals surface area contributed by atoms with Gasteiger partial charge in [-0.25, -0.2) is 27.9 Å². The van der Waals surface area contributed by atoms with Crippen LogP contribution >= 0.6 is 0 Å². The summed E-state index contributed by atoms with van der Waals surface area (Å²) in [5.41, 5.74) is -6.56. The lowest BCUT2D eigenvalue weighted by atomic mass is 9.93. The maximum Gasteiger partial charge on any atom is 0.501 e. The second-order valence-corrected chi connectivity index (χ2v) is 10.3. The highest BCUT2D eigenvalue weighted by Gasteiger charge is 2.49. The number of hydrogen-bond acceptors (Lipinski definition) is 7. The number of ether oxygens (including phenoxy) is 1. The van der Waals surface area contributed by atoms with Crippen molar-refractivity contribution in [2.24, 2.45) is 0 Å². The molecule has 1 saturated heterocycles. The van der Waals surface area contributed by atoms with Crippen LogP contribution in [-0.2, 0) is 21.1 Å². The first-order chi connectivity index (χ1) is 17.8. The summed E-state index contributed by atoms with van der Waals surface area (Å²) in [7, 11) is -5.59. The number of rotatable bonds is 6. The molecule has 0 spiro atoms. The number of benzene rings is 2. The number of para-hydroxylation sites is 1. The van der Waals surface area contributed by atoms with E-state index in [2.05, 4.69) is 15.6 Å². The Balaban J connectivity index is 1.48. The molecule has 1 aliphatic rings. The Hall–Kier alpha value is -4.46. The van der Waals surface area contributed by atoms with Gasteiger partial charge in [-0.05, 0) is 61.0 Å². The Morgan fingerprint density at radius 2 is 1.74 bits per heavy atom. The zero-order valence-corrected chi connectivity index (χ0v) is 20.3. The third kappa shape index (κ3) is 5.29. The van der Waals surface area contributed by atoms with E-state index in [4.69, 9.17) is 4.74 Å². The van der Waals surface area contributed by atoms with Gasteiger partial charge in [0.15, 0.2) is 0 Å². The normalized spacial score (nSPS) is 17.7. The fraction of sp³-hybridized carbons (Fsp3) is 0.167. The molecule has 4 rings (SSSR count). The van der Waals surface area contributed by atoms with Crippen molar-refractivity contribution >= 4 is 39.4 Å². The summed E-state index contributed by atoms with van der Waals surface area (Å²) in [5.74, 6) is -0.275. The standard InChI is InChI=1S/C24H19F3N4O6S/c1-23(14-15-11-12-28-19(13-15)29-22(34)37-17-5-3-2-4-6-17)20(32)31(21(33)30-23)16-7-9-18(10-8-16)38(35,36)24(25,26)27/h2-13H,14H2,1H3,(H,30,33)(H,28,29,34). The highest BCUT2D eigenvalue weighted by atomic mass is 32.2. The number of halogens is 3. The number of alkyl halides is 3. The van der Waals surface area contributed by atoms with Gasteiger partial charge < -0.3 is 10.1 Å². The highest BCUT2D eigenvalue weighted by Crippen LogP contribution is 2.33. The average Bonchev–Trinajstić information content (AvgIpc) is 3.06. The van der Waals surface area contributed by atoms with Crippen molar-refractivity contribution in [3.05, 3.63) is 78.5 Å². The number of carbonyl (C=O) groups is 3. The zero-order valence-electron chi connectivity index (χ0n) is 19.5. The molecule has 198 valence electrons. The summed E-state index contributed by atoms with van der Waals surface area (Å²) in [6.07, 6.45) is 0.564. The van der Waals surface area contributed by atoms with Crippen LogP contribution in [0.5, 0.6) is 5.75 Å². The molecule has 4 amide bonds. The van der Waals surface area contributed by atoms with E-state index in [0.29, 0.717) is 28.3 Å². The van der Waals surface area contributed by atoms with Crippen molar-refractivity contribution in [1.29, 1.82) is 0 Å². The van der Waals surface area contributed by atoms with Gasteiger partial charge in [-0.2, -0.15) is 13.2 Å². The van der Waals surface area contributed by atoms with Crippen molar-refractivity contribution in [2.75, 3.05) is 10.2 Å². The molecule has 3 aromatic rings. The summed E-state index contributed by atoms with van der Waals surface area (Å²) in [5, 5.41) is 5.01. The van der Waals surface area contributed by atoms with Crippen LogP contribution in [0.3, 0.4) is 0 Å². The third-order valence-electron chi connectivity index (χ3n) is 5.54. The Kier molecular flexibility index (Phi) is 6.84. The summed E-state index contributed by atoms with van der Waals surface area (Å²) in [6, 6.07) is 13.7. The first kappa shape index (κ1) is 26.6. The monoisotopic (exact) mass is 548 g/mol. The number of nitrogens with one attached hydrogen (secondary N) is 2. The number of urea groups is 1. The number of pyridine rings is 1. The minimum Gasteiger partial charge on any atom is -0.410 e. The minimum absolute atomic E-state index is 0.0282. The summed E-state index contributed by atoms with van der Waals surface area (Å²) in [6.45, 7) is 1.45. The van der Waals surface area contributed by atoms with Crippen molar-refractivity contribution < 1.29 is 40.7 Å². The van der Waals surface area contributed by atoms with E-state index in [1.54, 1.807) is 36.4 Å². The number of hydrogen-bond donors (Lipinski definition) is 2. The summed E-state index contributed by atoms with van der Waals surface area (Å²) in [4.78, 5) is 41.7. The molecule has 2 heterocycles. The van der Waals surface area contributed by atoms with Gasteiger partial charge in [0.25, 0.3) is 15.7 Å². The molecule has 14 heteroatoms. The van der Waals surface area contributed by atoms with Crippen LogP contribution in [0.4, 0.5) is 34.3 Å². The molecule has 2 aromatic carbocycles. The largest absolute Gasteiger partial charge is 0.501 e. The number of anilines is 2. The SMILES string of the molecule is CC1(Cc2ccnc(NC(=O)Oc3ccccc3)c2)NC(=O)N(c2ccc(S(=O)(=O)C(F)(F)F)cc2)C1=O. The van der Waals surface area contributed by atoms with Gasteiger partial charge in [-0.1, -0.05) is 18.2 Å². The molecule has 10 nitrogen and oxygen atoms in total. The Bertz CT molecular complexity index is 1500. The van der Waals surface area contributed by atoms with E-state index in [9.17, 15) is 36.0 Å². The second kappa shape index (κ2) is 9.78. The molecule has 0 aliphatic carbocycles. The van der Waals surface area contributed by atoms with Gasteiger partial charge in [0.05, 0.1) is 10.6 Å². The Morgan fingerprint density at radius 3 is 2.37 bits per heavy atom. The Labute approximate surface area is 214 Å². The minimum atomic E-state index is -5.59. The molecular formula is C24H19F3N4O6S. The average molecular weight is 548 g/mol. The fourth-order valence-electron chi connectivity index (χ4n) is 3.73. The van der Waals surface area contributed by atoms with Crippen LogP contribution in [0.2, 0.25) is 0 Å². The van der Waals surface area contributed by atoms with Gasteiger partial charge >= 0.3 is 17.6 Å². The molecule has 0 radical (unpaired) electrons. The first-order valence-corrected chi connectivity index (χ1v) is 12.4. The van der Waals surface area contributed by atoms with Crippen LogP contribution in [0.25, 0.3) is 0 Å². The first-order valence-electron chi connectivity index (χ1n) is 10.9. The fourth-order valence-corrected chi connectivity index (χ4v) is 4.49. The number of imide groups is 1. The van der Waals surface area contributed by atoms with Crippen LogP contribution in [0.1, 0.15) is 12.5 Å². The number of aromatic nitrogens is 1. The van der Waals surface area contributed by atoms with Crippen molar-refractivity contribution in [3.8, 4) is 5.75 Å². The van der Waals surface area contributed by atoms with E-state index >= 15 is 0 Å². The lowest BCUT2D eigenvalue weighted by Crippen LogP contribution is -2.46. The van der Waals surface area contributed by atoms with Crippen LogP contribution < -0.4 is 20.3 Å². The lowest BCUT2D eigenvalue weighted by Gasteiger charge is -2.22. The van der Waals surface area contributed by atoms with Gasteiger partial charge in [0.2, 0.25) is 0 Å². The van der Waals surface area contributed by atoms with E-state index in [0.717, 1.165) is 12.1 Å². The highest BCUT2D eigenvalue weighted by molar-refractivity contribution is 7.92. The molecule has 0 saturated carbocycles. The maximum absolute atomic E-state index is 13.2. The number of nitrogens with zero attached hydrogens (tertiary/aromatic N) is 2. The molecule has 38 heavy (non-hydrogen) atoms. The van der Waals surface area contributed by atoms with E-state index in [-0.39, 0.29) is 17.9 Å². The van der Waals surface area contributed by atoms with Crippen molar-refractivity contribution in [1.82, 2.24) is 10.3 Å². The molecule has 1 unspecified atom stereocenters. The van der Waals surface area contributed by atoms with Crippen LogP contribution in [0.15, 0.2) is 77.8 Å². The van der Waals surface area contributed by atoms with Crippen molar-refractivity contribution in [3.63, 3.8) is 0 Å². The van der Waals surface area contributed by atoms with Crippen molar-refractivity contribution in [2.45, 2.75) is 29.3 Å². The van der Waals surface area contributed by atoms with Gasteiger partial charge in [-0.3, -0.25) is 10.1 Å². The number of sulfone groups is 1. The molecule has 1 fully saturated rings. The van der Waals surface area contributed by atoms with Gasteiger partial charge in [0, 0.05) is 12.6 Å². The maximum atomic E-state index is 13.2. The molecule has 2 N–H and O–H groups in total. The van der Waals surface area contributed by atoms with Crippen LogP contribution in [0, 0.1) is 0 Å². The van der Waals surface area contributed by atoms with Gasteiger partial charge in [0.1, 0.15) is 17.1 Å². The quantitative estimate of drug-likeness (QED) is 0.444. The molecule has 0 bridgehead atoms. The molecule has 1 aliphatic heterocycles. The number of carbonyl (C=O) groups excluding carboxylic acids is 3. The lowest BCUT2D eigenvalue weighted by molar-refractivity contribution is -0.121. The molecule has 1 aromatic heterocycles. The van der Waals surface area contributed by atoms with E-state index in [1.165, 1.54) is 19.2 Å². The molecular weight excluding hydrogens is 529 g/mol. The smallest absolute Gasteiger partial charge is 0.410 e. The zero-order chi connectivity index (χ0) is 27.7. The topological polar surface area (TPSA) is 135 Å². The van der Waals surface area contributed by atoms with Crippen LogP contribution in [-0.4, -0.2) is 42.5 Å². The van der Waals surface area contributed by atoms with E-state index < -0.39 is 43.8 Å². The Morgan fingerprint density at radius 1 is 1.08 bits per heavy atom. The third-order valence-corrected chi connectivity index (χ3v) is 7.04. The predicted molar refractivity (Wildman–Crippen MR) is 128 cm³/mol. The summed E-state index contributed by atoms with van der Waals surface area (Å²) >= 11 is 0. The second-order valence-electron chi connectivity index (χ2n) is 8.40. The summed E-state index contributed by atoms with van der Waals surface area (Å²) < 4.78 is 66.7. The van der Waals surface area contributed by atoms with E-state index in [1.807, 2.05) is 0 Å². The predicted octanol–water partition coefficient (Wildman–Crippen LogP) is 4.04. The molecule has 1 atom stereocenters. The van der Waals surface area contributed by atoms with Gasteiger partial charge in [-0.15, -0.1) is 0 Å². The number of amides is 4.